The van der Waals surface area contributed by atoms with Crippen molar-refractivity contribution in [2.45, 2.75) is 69.1 Å². The first-order valence-electron chi connectivity index (χ1n) is 16.0. The van der Waals surface area contributed by atoms with Crippen LogP contribution >= 0.6 is 0 Å². The zero-order valence-corrected chi connectivity index (χ0v) is 25.1. The first kappa shape index (κ1) is 28.4. The van der Waals surface area contributed by atoms with Crippen molar-refractivity contribution in [2.24, 2.45) is 0 Å². The Morgan fingerprint density at radius 1 is 1.11 bits per heavy atom. The molecule has 0 unspecified atom stereocenters. The lowest BCUT2D eigenvalue weighted by Gasteiger charge is -2.35. The van der Waals surface area contributed by atoms with Crippen LogP contribution < -0.4 is 15.0 Å². The van der Waals surface area contributed by atoms with Crippen LogP contribution in [0, 0.1) is 5.82 Å². The number of carbonyl (C=O) groups excluding carboxylic acids is 1. The number of nitrogens with zero attached hydrogens (tertiary/aromatic N) is 5. The van der Waals surface area contributed by atoms with Gasteiger partial charge in [-0.15, -0.1) is 0 Å². The normalized spacial score (nSPS) is 25.3. The van der Waals surface area contributed by atoms with E-state index in [0.29, 0.717) is 62.1 Å². The Morgan fingerprint density at radius 2 is 2.02 bits per heavy atom. The highest BCUT2D eigenvalue weighted by Crippen LogP contribution is 2.42. The zero-order valence-electron chi connectivity index (χ0n) is 25.1. The monoisotopic (exact) mass is 614 g/mol. The number of piperidine rings is 1. The number of hydrogen-bond donors (Lipinski definition) is 2. The Morgan fingerprint density at radius 3 is 2.93 bits per heavy atom. The van der Waals surface area contributed by atoms with Gasteiger partial charge in [0.2, 0.25) is 5.91 Å². The lowest BCUT2D eigenvalue weighted by Crippen LogP contribution is -2.48. The zero-order chi connectivity index (χ0) is 30.7. The minimum absolute atomic E-state index is 0.000379. The van der Waals surface area contributed by atoms with Gasteiger partial charge in [0, 0.05) is 50.3 Å². The van der Waals surface area contributed by atoms with E-state index in [1.165, 1.54) is 6.07 Å². The fourth-order valence-electron chi connectivity index (χ4n) is 8.07. The number of halogens is 2. The molecule has 0 aliphatic carbocycles. The molecule has 234 valence electrons. The van der Waals surface area contributed by atoms with Crippen molar-refractivity contribution >= 4 is 33.4 Å². The summed E-state index contributed by atoms with van der Waals surface area (Å²) < 4.78 is 37.6. The van der Waals surface area contributed by atoms with E-state index in [1.54, 1.807) is 12.3 Å². The van der Waals surface area contributed by atoms with Crippen molar-refractivity contribution in [3.05, 3.63) is 47.9 Å². The number of aromatic hydroxyl groups is 1. The second-order valence-corrected chi connectivity index (χ2v) is 13.1. The molecule has 5 aliphatic heterocycles. The maximum atomic E-state index is 16.8. The summed E-state index contributed by atoms with van der Waals surface area (Å²) in [5, 5.41) is 15.8. The van der Waals surface area contributed by atoms with E-state index in [0.717, 1.165) is 48.6 Å². The Bertz CT molecular complexity index is 1820. The van der Waals surface area contributed by atoms with Crippen LogP contribution in [0.2, 0.25) is 0 Å². The van der Waals surface area contributed by atoms with E-state index in [4.69, 9.17) is 9.72 Å². The molecule has 4 aromatic rings. The third kappa shape index (κ3) is 5.01. The lowest BCUT2D eigenvalue weighted by atomic mass is 9.93. The van der Waals surface area contributed by atoms with Gasteiger partial charge in [0.1, 0.15) is 35.6 Å². The summed E-state index contributed by atoms with van der Waals surface area (Å²) in [6.07, 6.45) is 6.17. The van der Waals surface area contributed by atoms with E-state index in [-0.39, 0.29) is 41.5 Å². The standard InChI is InChI=1S/C34H36F2N6O3/c35-22-15-34(10-4-12-42(34)17-22)19-45-33-39-31-26-16-37-30(29(31)36)25-14-24(43)13-21-7-1-5-20(28(21)25)6-2-9-27(44)38-23-8-3-11-41(18-23)32(26)40-33/h1,5,7,13-14,16,22-23,43H,2-4,6,8-12,15,17-19H2,(H,38,44)/t22-,23-,34+/m1/s1. The number of nitrogens with one attached hydrogen (secondary N) is 1. The largest absolute Gasteiger partial charge is 0.508 e. The predicted octanol–water partition coefficient (Wildman–Crippen LogP) is 5.07. The van der Waals surface area contributed by atoms with Crippen molar-refractivity contribution in [3.63, 3.8) is 0 Å². The summed E-state index contributed by atoms with van der Waals surface area (Å²) in [5.74, 6) is -0.124. The average molecular weight is 615 g/mol. The quantitative estimate of drug-likeness (QED) is 0.330. The first-order valence-corrected chi connectivity index (χ1v) is 16.0. The van der Waals surface area contributed by atoms with Gasteiger partial charge in [0.25, 0.3) is 0 Å². The van der Waals surface area contributed by atoms with Gasteiger partial charge in [0.15, 0.2) is 5.82 Å². The van der Waals surface area contributed by atoms with Crippen molar-refractivity contribution in [3.8, 4) is 23.0 Å². The Hall–Kier alpha value is -4.12. The number of hydrogen-bond acceptors (Lipinski definition) is 8. The summed E-state index contributed by atoms with van der Waals surface area (Å²) in [6, 6.07) is 8.91. The molecular formula is C34H36F2N6O3. The third-order valence-corrected chi connectivity index (χ3v) is 10.1. The van der Waals surface area contributed by atoms with Gasteiger partial charge in [0.05, 0.1) is 10.9 Å². The molecule has 0 spiro atoms. The number of amides is 1. The minimum atomic E-state index is -0.901. The molecule has 0 radical (unpaired) electrons. The maximum absolute atomic E-state index is 16.8. The number of phenols is 1. The molecule has 0 saturated carbocycles. The number of pyridine rings is 1. The lowest BCUT2D eigenvalue weighted by molar-refractivity contribution is -0.121. The number of benzene rings is 2. The van der Waals surface area contributed by atoms with E-state index in [2.05, 4.69) is 20.2 Å². The first-order chi connectivity index (χ1) is 21.9. The van der Waals surface area contributed by atoms with Crippen LogP contribution in [-0.4, -0.2) is 81.4 Å². The van der Waals surface area contributed by atoms with Crippen LogP contribution in [0.5, 0.6) is 11.8 Å². The Kier molecular flexibility index (Phi) is 6.96. The highest BCUT2D eigenvalue weighted by Gasteiger charge is 2.49. The molecule has 3 fully saturated rings. The summed E-state index contributed by atoms with van der Waals surface area (Å²) in [7, 11) is 0. The van der Waals surface area contributed by atoms with E-state index in [1.807, 2.05) is 23.1 Å². The average Bonchev–Trinajstić information content (AvgIpc) is 3.55. The number of ether oxygens (including phenoxy) is 1. The highest BCUT2D eigenvalue weighted by atomic mass is 19.1. The molecule has 11 heteroatoms. The predicted molar refractivity (Wildman–Crippen MR) is 167 cm³/mol. The smallest absolute Gasteiger partial charge is 0.319 e. The van der Waals surface area contributed by atoms with Gasteiger partial charge in [-0.25, -0.2) is 8.78 Å². The van der Waals surface area contributed by atoms with Crippen LogP contribution in [-0.2, 0) is 11.2 Å². The van der Waals surface area contributed by atoms with Crippen LogP contribution in [0.25, 0.3) is 32.9 Å². The number of phenolic OH excluding ortho intramolecular Hbond substituents is 1. The van der Waals surface area contributed by atoms with Gasteiger partial charge in [-0.05, 0) is 73.5 Å². The number of aryl methyl sites for hydroxylation is 1. The Balaban J connectivity index is 1.30. The van der Waals surface area contributed by atoms with E-state index >= 15 is 4.39 Å². The number of aromatic nitrogens is 3. The summed E-state index contributed by atoms with van der Waals surface area (Å²) in [5.41, 5.74) is 1.14. The van der Waals surface area contributed by atoms with Crippen LogP contribution in [0.3, 0.4) is 0 Å². The molecule has 3 atom stereocenters. The molecule has 2 aromatic carbocycles. The maximum Gasteiger partial charge on any atom is 0.319 e. The van der Waals surface area contributed by atoms with E-state index in [9.17, 15) is 14.3 Å². The van der Waals surface area contributed by atoms with Crippen molar-refractivity contribution in [2.75, 3.05) is 37.7 Å². The minimum Gasteiger partial charge on any atom is -0.508 e. The summed E-state index contributed by atoms with van der Waals surface area (Å²) >= 11 is 0. The van der Waals surface area contributed by atoms with Gasteiger partial charge in [-0.3, -0.25) is 14.7 Å². The number of alkyl halides is 1. The molecule has 7 heterocycles. The third-order valence-electron chi connectivity index (χ3n) is 10.1. The van der Waals surface area contributed by atoms with Crippen molar-refractivity contribution in [1.82, 2.24) is 25.2 Å². The van der Waals surface area contributed by atoms with Crippen LogP contribution in [0.4, 0.5) is 14.6 Å². The van der Waals surface area contributed by atoms with Crippen LogP contribution in [0.15, 0.2) is 36.5 Å². The number of carbonyl (C=O) groups is 1. The molecule has 3 saturated heterocycles. The molecule has 2 N–H and O–H groups in total. The number of rotatable bonds is 3. The van der Waals surface area contributed by atoms with Gasteiger partial charge >= 0.3 is 6.01 Å². The molecule has 9 rings (SSSR count). The van der Waals surface area contributed by atoms with Gasteiger partial charge in [-0.1, -0.05) is 18.2 Å². The van der Waals surface area contributed by atoms with Crippen molar-refractivity contribution < 1.29 is 23.4 Å². The molecule has 9 nitrogen and oxygen atoms in total. The van der Waals surface area contributed by atoms with E-state index < -0.39 is 17.5 Å². The van der Waals surface area contributed by atoms with Crippen molar-refractivity contribution in [1.29, 1.82) is 0 Å². The number of anilines is 1. The molecule has 45 heavy (non-hydrogen) atoms. The second-order valence-electron chi connectivity index (χ2n) is 13.1. The van der Waals surface area contributed by atoms with Crippen LogP contribution in [0.1, 0.15) is 50.5 Å². The molecule has 2 aromatic heterocycles. The van der Waals surface area contributed by atoms with Gasteiger partial charge in [-0.2, -0.15) is 9.97 Å². The molecular weight excluding hydrogens is 578 g/mol. The summed E-state index contributed by atoms with van der Waals surface area (Å²) in [4.78, 5) is 31.3. The second kappa shape index (κ2) is 11.0. The molecule has 5 aliphatic rings. The SMILES string of the molecule is O=C1CCCc2cccc3cc(O)cc(c23)-c2ncc3c(nc(OC[C@@]45CCCN4C[C@H](F)C5)nc3c2F)N2CCC[C@H](C2)N1. The summed E-state index contributed by atoms with van der Waals surface area (Å²) in [6.45, 7) is 2.63. The molecule has 1 amide bonds. The van der Waals surface area contributed by atoms with Gasteiger partial charge < -0.3 is 20.1 Å². The highest BCUT2D eigenvalue weighted by molar-refractivity contribution is 6.01. The number of fused-ring (bicyclic) bond motifs is 6. The fourth-order valence-corrected chi connectivity index (χ4v) is 8.07. The topological polar surface area (TPSA) is 104 Å². The molecule has 6 bridgehead atoms. The Labute approximate surface area is 259 Å². The fraction of sp³-hybridized carbons (Fsp3) is 0.471.